The maximum Gasteiger partial charge on any atom is 0.416 e. The molecule has 0 atom stereocenters. The Morgan fingerprint density at radius 2 is 1.46 bits per heavy atom. The van der Waals surface area contributed by atoms with Gasteiger partial charge in [0.15, 0.2) is 0 Å². The Morgan fingerprint density at radius 3 is 1.96 bits per heavy atom. The molecule has 0 aromatic heterocycles. The Morgan fingerprint density at radius 1 is 0.929 bits per heavy atom. The summed E-state index contributed by atoms with van der Waals surface area (Å²) >= 11 is 0. The molecule has 0 radical (unpaired) electrons. The van der Waals surface area contributed by atoms with E-state index in [0.29, 0.717) is 12.1 Å². The normalized spacial score (nSPS) is 11.8. The molecule has 0 saturated carbocycles. The summed E-state index contributed by atoms with van der Waals surface area (Å²) in [7, 11) is 0. The fourth-order valence-electron chi connectivity index (χ4n) is 2.14. The molecule has 2 rings (SSSR count). The Labute approximate surface area is 153 Å². The van der Waals surface area contributed by atoms with Crippen LogP contribution < -0.4 is 10.9 Å². The number of amides is 1. The lowest BCUT2D eigenvalue weighted by Gasteiger charge is -2.12. The third-order valence-corrected chi connectivity index (χ3v) is 3.50. The highest BCUT2D eigenvalue weighted by Crippen LogP contribution is 2.34. The number of nitro groups is 1. The van der Waals surface area contributed by atoms with Crippen LogP contribution in [-0.2, 0) is 23.6 Å². The van der Waals surface area contributed by atoms with E-state index in [1.54, 1.807) is 0 Å². The van der Waals surface area contributed by atoms with Crippen LogP contribution in [0.4, 0.5) is 37.7 Å². The van der Waals surface area contributed by atoms with Crippen LogP contribution in [-0.4, -0.2) is 10.8 Å². The zero-order chi connectivity index (χ0) is 21.1. The molecule has 0 fully saturated rings. The number of rotatable bonds is 5. The van der Waals surface area contributed by atoms with Crippen LogP contribution in [0.15, 0.2) is 42.5 Å². The number of anilines is 1. The van der Waals surface area contributed by atoms with E-state index in [4.69, 9.17) is 0 Å². The van der Waals surface area contributed by atoms with E-state index in [2.05, 4.69) is 5.43 Å². The van der Waals surface area contributed by atoms with Crippen LogP contribution in [0.1, 0.15) is 16.7 Å². The lowest BCUT2D eigenvalue weighted by Crippen LogP contribution is -2.31. The number of hydrazine groups is 1. The van der Waals surface area contributed by atoms with Gasteiger partial charge in [-0.05, 0) is 29.8 Å². The molecule has 0 saturated heterocycles. The molecule has 0 aliphatic heterocycles. The molecular formula is C16H11F6N3O3. The minimum atomic E-state index is -4.78. The zero-order valence-corrected chi connectivity index (χ0v) is 13.7. The van der Waals surface area contributed by atoms with E-state index < -0.39 is 45.7 Å². The predicted octanol–water partition coefficient (Wildman–Crippen LogP) is 4.32. The summed E-state index contributed by atoms with van der Waals surface area (Å²) in [6.45, 7) is 0. The molecule has 2 aromatic rings. The third kappa shape index (κ3) is 5.34. The van der Waals surface area contributed by atoms with Gasteiger partial charge in [0.25, 0.3) is 5.69 Å². The Kier molecular flexibility index (Phi) is 5.81. The van der Waals surface area contributed by atoms with E-state index in [0.717, 1.165) is 30.3 Å². The fraction of sp³-hybridized carbons (Fsp3) is 0.188. The Balaban J connectivity index is 2.05. The van der Waals surface area contributed by atoms with Gasteiger partial charge in [0, 0.05) is 6.07 Å². The summed E-state index contributed by atoms with van der Waals surface area (Å²) in [4.78, 5) is 21.7. The second-order valence-corrected chi connectivity index (χ2v) is 5.53. The number of nitrogens with zero attached hydrogens (tertiary/aromatic N) is 1. The average molecular weight is 407 g/mol. The van der Waals surface area contributed by atoms with Gasteiger partial charge in [0.2, 0.25) is 5.91 Å². The number of nitro benzene ring substituents is 1. The lowest BCUT2D eigenvalue weighted by molar-refractivity contribution is -0.384. The summed E-state index contributed by atoms with van der Waals surface area (Å²) in [5.41, 5.74) is 0.989. The minimum absolute atomic E-state index is 0.231. The second kappa shape index (κ2) is 7.74. The predicted molar refractivity (Wildman–Crippen MR) is 85.0 cm³/mol. The number of carbonyl (C=O) groups excluding carboxylic acids is 1. The van der Waals surface area contributed by atoms with Crippen molar-refractivity contribution in [1.29, 1.82) is 0 Å². The lowest BCUT2D eigenvalue weighted by atomic mass is 10.1. The number of alkyl halides is 6. The number of halogens is 6. The van der Waals surface area contributed by atoms with Crippen molar-refractivity contribution in [3.8, 4) is 0 Å². The average Bonchev–Trinajstić information content (AvgIpc) is 2.58. The molecule has 6 nitrogen and oxygen atoms in total. The third-order valence-electron chi connectivity index (χ3n) is 3.50. The van der Waals surface area contributed by atoms with Crippen LogP contribution in [0.3, 0.4) is 0 Å². The topological polar surface area (TPSA) is 84.3 Å². The van der Waals surface area contributed by atoms with Crippen molar-refractivity contribution in [1.82, 2.24) is 5.43 Å². The quantitative estimate of drug-likeness (QED) is 0.439. The van der Waals surface area contributed by atoms with Gasteiger partial charge in [-0.25, -0.2) is 0 Å². The molecule has 28 heavy (non-hydrogen) atoms. The largest absolute Gasteiger partial charge is 0.416 e. The first-order valence-electron chi connectivity index (χ1n) is 7.44. The van der Waals surface area contributed by atoms with Crippen LogP contribution in [0, 0.1) is 10.1 Å². The molecule has 0 aliphatic rings. The SMILES string of the molecule is O=C(Cc1ccc(C(F)(F)F)cc1)NNc1ccc(C(F)(F)F)cc1[N+](=O)[O-]. The summed E-state index contributed by atoms with van der Waals surface area (Å²) in [6, 6.07) is 5.43. The summed E-state index contributed by atoms with van der Waals surface area (Å²) in [6.07, 6.45) is -9.67. The summed E-state index contributed by atoms with van der Waals surface area (Å²) in [5, 5.41) is 10.9. The first-order chi connectivity index (χ1) is 12.9. The van der Waals surface area contributed by atoms with Gasteiger partial charge in [-0.15, -0.1) is 0 Å². The van der Waals surface area contributed by atoms with Crippen molar-refractivity contribution < 1.29 is 36.1 Å². The highest BCUT2D eigenvalue weighted by Gasteiger charge is 2.33. The number of benzene rings is 2. The van der Waals surface area contributed by atoms with Crippen LogP contribution in [0.2, 0.25) is 0 Å². The van der Waals surface area contributed by atoms with Gasteiger partial charge in [-0.1, -0.05) is 12.1 Å². The standard InChI is InChI=1S/C16H11F6N3O3/c17-15(18,19)10-3-1-9(2-4-10)7-14(26)24-23-12-6-5-11(16(20,21)22)8-13(12)25(27)28/h1-6,8,23H,7H2,(H,24,26). The minimum Gasteiger partial charge on any atom is -0.292 e. The van der Waals surface area contributed by atoms with Crippen molar-refractivity contribution in [3.63, 3.8) is 0 Å². The Hall–Kier alpha value is -3.31. The molecule has 0 spiro atoms. The highest BCUT2D eigenvalue weighted by atomic mass is 19.4. The van der Waals surface area contributed by atoms with E-state index in [-0.39, 0.29) is 12.0 Å². The number of nitrogens with one attached hydrogen (secondary N) is 2. The maximum atomic E-state index is 12.6. The van der Waals surface area contributed by atoms with E-state index in [1.807, 2.05) is 5.43 Å². The van der Waals surface area contributed by atoms with Crippen molar-refractivity contribution in [2.45, 2.75) is 18.8 Å². The molecule has 1 amide bonds. The smallest absolute Gasteiger partial charge is 0.292 e. The van der Waals surface area contributed by atoms with Gasteiger partial charge in [0.05, 0.1) is 22.5 Å². The van der Waals surface area contributed by atoms with Crippen LogP contribution in [0.25, 0.3) is 0 Å². The van der Waals surface area contributed by atoms with E-state index in [1.165, 1.54) is 0 Å². The molecule has 12 heteroatoms. The van der Waals surface area contributed by atoms with Crippen molar-refractivity contribution in [2.24, 2.45) is 0 Å². The Bertz CT molecular complexity index is 879. The highest BCUT2D eigenvalue weighted by molar-refractivity contribution is 5.80. The number of carbonyl (C=O) groups is 1. The fourth-order valence-corrected chi connectivity index (χ4v) is 2.14. The molecule has 2 aromatic carbocycles. The van der Waals surface area contributed by atoms with E-state index >= 15 is 0 Å². The van der Waals surface area contributed by atoms with Crippen LogP contribution in [0.5, 0.6) is 0 Å². The van der Waals surface area contributed by atoms with Crippen molar-refractivity contribution >= 4 is 17.3 Å². The molecule has 0 aliphatic carbocycles. The molecular weight excluding hydrogens is 396 g/mol. The summed E-state index contributed by atoms with van der Waals surface area (Å²) < 4.78 is 75.4. The summed E-state index contributed by atoms with van der Waals surface area (Å²) in [5.74, 6) is -0.769. The van der Waals surface area contributed by atoms with Gasteiger partial charge in [-0.2, -0.15) is 26.3 Å². The maximum absolute atomic E-state index is 12.6. The van der Waals surface area contributed by atoms with Gasteiger partial charge >= 0.3 is 12.4 Å². The van der Waals surface area contributed by atoms with Crippen LogP contribution >= 0.6 is 0 Å². The number of hydrogen-bond donors (Lipinski definition) is 2. The monoisotopic (exact) mass is 407 g/mol. The number of hydrogen-bond acceptors (Lipinski definition) is 4. The van der Waals surface area contributed by atoms with Gasteiger partial charge in [-0.3, -0.25) is 25.8 Å². The zero-order valence-electron chi connectivity index (χ0n) is 13.7. The van der Waals surface area contributed by atoms with Gasteiger partial charge < -0.3 is 0 Å². The van der Waals surface area contributed by atoms with E-state index in [9.17, 15) is 41.3 Å². The molecule has 150 valence electrons. The molecule has 2 N–H and O–H groups in total. The first-order valence-corrected chi connectivity index (χ1v) is 7.44. The first kappa shape index (κ1) is 21.0. The van der Waals surface area contributed by atoms with Gasteiger partial charge in [0.1, 0.15) is 5.69 Å². The molecule has 0 heterocycles. The van der Waals surface area contributed by atoms with Crippen molar-refractivity contribution in [3.05, 3.63) is 69.3 Å². The van der Waals surface area contributed by atoms with Crippen molar-refractivity contribution in [2.75, 3.05) is 5.43 Å². The molecule has 0 unspecified atom stereocenters. The second-order valence-electron chi connectivity index (χ2n) is 5.53. The molecule has 0 bridgehead atoms.